The molecule has 0 atom stereocenters. The van der Waals surface area contributed by atoms with Crippen LogP contribution >= 0.6 is 11.8 Å². The summed E-state index contributed by atoms with van der Waals surface area (Å²) in [5, 5.41) is 11.1. The maximum atomic E-state index is 12.5. The molecule has 0 N–H and O–H groups in total. The molecule has 0 aliphatic heterocycles. The topological polar surface area (TPSA) is 72.7 Å². The van der Waals surface area contributed by atoms with E-state index in [2.05, 4.69) is 0 Å². The van der Waals surface area contributed by atoms with Gasteiger partial charge in [-0.1, -0.05) is 38.2 Å². The van der Waals surface area contributed by atoms with Crippen LogP contribution in [0.4, 0.5) is 5.69 Å². The number of methoxy groups -OCH3 is 1. The Morgan fingerprint density at radius 2 is 1.92 bits per heavy atom. The minimum Gasteiger partial charge on any atom is -0.490 e. The Bertz CT molecular complexity index is 616. The molecule has 1 aromatic rings. The molecule has 0 bridgehead atoms. The lowest BCUT2D eigenvalue weighted by Crippen LogP contribution is -2.38. The maximum absolute atomic E-state index is 12.5. The van der Waals surface area contributed by atoms with E-state index in [0.717, 1.165) is 18.4 Å². The second-order valence-corrected chi connectivity index (χ2v) is 7.75. The highest BCUT2D eigenvalue weighted by atomic mass is 32.2. The van der Waals surface area contributed by atoms with Crippen LogP contribution in [-0.4, -0.2) is 41.7 Å². The van der Waals surface area contributed by atoms with Gasteiger partial charge in [-0.25, -0.2) is 0 Å². The van der Waals surface area contributed by atoms with Crippen LogP contribution in [0.3, 0.4) is 0 Å². The van der Waals surface area contributed by atoms with Crippen molar-refractivity contribution < 1.29 is 14.5 Å². The summed E-state index contributed by atoms with van der Waals surface area (Å²) in [5.41, 5.74) is 0.785. The van der Waals surface area contributed by atoms with Gasteiger partial charge in [-0.2, -0.15) is 0 Å². The Morgan fingerprint density at radius 3 is 2.54 bits per heavy atom. The summed E-state index contributed by atoms with van der Waals surface area (Å²) in [4.78, 5) is 25.0. The molecule has 7 heteroatoms. The molecule has 1 aliphatic carbocycles. The van der Waals surface area contributed by atoms with Crippen LogP contribution < -0.4 is 4.74 Å². The number of carbonyl (C=O) groups is 1. The Morgan fingerprint density at radius 1 is 1.27 bits per heavy atom. The highest BCUT2D eigenvalue weighted by molar-refractivity contribution is 7.99. The van der Waals surface area contributed by atoms with Crippen molar-refractivity contribution in [1.29, 1.82) is 0 Å². The predicted molar refractivity (Wildman–Crippen MR) is 105 cm³/mol. The number of nitro groups is 1. The number of nitrogens with zero attached hydrogens (tertiary/aromatic N) is 2. The minimum atomic E-state index is -0.444. The number of nitro benzene ring substituents is 1. The van der Waals surface area contributed by atoms with Crippen molar-refractivity contribution in [2.45, 2.75) is 56.7 Å². The van der Waals surface area contributed by atoms with Gasteiger partial charge < -0.3 is 9.64 Å². The first-order valence-corrected chi connectivity index (χ1v) is 10.3. The lowest BCUT2D eigenvalue weighted by molar-refractivity contribution is -0.385. The molecule has 1 aromatic carbocycles. The SMILES string of the molecule is COc1ccc(CSCC(=O)N(C)C2CCCCCCC2)cc1[N+](=O)[O-]. The first kappa shape index (κ1) is 20.6. The van der Waals surface area contributed by atoms with Gasteiger partial charge >= 0.3 is 5.69 Å². The third-order valence-corrected chi connectivity index (χ3v) is 5.94. The lowest BCUT2D eigenvalue weighted by Gasteiger charge is -2.29. The zero-order valence-electron chi connectivity index (χ0n) is 15.6. The summed E-state index contributed by atoms with van der Waals surface area (Å²) >= 11 is 1.50. The van der Waals surface area contributed by atoms with Gasteiger partial charge in [0, 0.05) is 24.9 Å². The number of hydrogen-bond acceptors (Lipinski definition) is 5. The van der Waals surface area contributed by atoms with Gasteiger partial charge in [0.25, 0.3) is 0 Å². The Balaban J connectivity index is 1.85. The minimum absolute atomic E-state index is 0.0384. The fraction of sp³-hybridized carbons (Fsp3) is 0.632. The third kappa shape index (κ3) is 5.90. The Hall–Kier alpha value is -1.76. The normalized spacial score (nSPS) is 15.8. The molecule has 2 rings (SSSR count). The van der Waals surface area contributed by atoms with E-state index >= 15 is 0 Å². The van der Waals surface area contributed by atoms with Crippen LogP contribution in [0.2, 0.25) is 0 Å². The average Bonchev–Trinajstić information content (AvgIpc) is 2.60. The molecule has 0 heterocycles. The van der Waals surface area contributed by atoms with Gasteiger partial charge in [-0.05, 0) is 24.5 Å². The Labute approximate surface area is 159 Å². The predicted octanol–water partition coefficient (Wildman–Crippen LogP) is 4.41. The van der Waals surface area contributed by atoms with Crippen molar-refractivity contribution >= 4 is 23.4 Å². The summed E-state index contributed by atoms with van der Waals surface area (Å²) in [6, 6.07) is 5.29. The fourth-order valence-corrected chi connectivity index (χ4v) is 4.25. The van der Waals surface area contributed by atoms with Crippen molar-refractivity contribution in [2.24, 2.45) is 0 Å². The zero-order valence-corrected chi connectivity index (χ0v) is 16.4. The summed E-state index contributed by atoms with van der Waals surface area (Å²) in [6.45, 7) is 0. The number of carbonyl (C=O) groups excluding carboxylic acids is 1. The number of hydrogen-bond donors (Lipinski definition) is 0. The molecule has 0 aromatic heterocycles. The van der Waals surface area contributed by atoms with E-state index in [1.807, 2.05) is 18.0 Å². The largest absolute Gasteiger partial charge is 0.490 e. The fourth-order valence-electron chi connectivity index (χ4n) is 3.35. The van der Waals surface area contributed by atoms with Crippen LogP contribution in [-0.2, 0) is 10.5 Å². The molecule has 1 amide bonds. The lowest BCUT2D eigenvalue weighted by atomic mass is 9.96. The quantitative estimate of drug-likeness (QED) is 0.517. The average molecular weight is 381 g/mol. The first-order chi connectivity index (χ1) is 12.5. The van der Waals surface area contributed by atoms with Crippen molar-refractivity contribution in [3.8, 4) is 5.75 Å². The van der Waals surface area contributed by atoms with Gasteiger partial charge in [0.2, 0.25) is 5.91 Å². The molecule has 1 aliphatic rings. The van der Waals surface area contributed by atoms with Crippen molar-refractivity contribution in [1.82, 2.24) is 4.90 Å². The van der Waals surface area contributed by atoms with Crippen LogP contribution in [0.1, 0.15) is 50.5 Å². The molecular weight excluding hydrogens is 352 g/mol. The molecule has 0 saturated heterocycles. The third-order valence-electron chi connectivity index (χ3n) is 4.95. The second kappa shape index (κ2) is 10.4. The molecular formula is C19H28N2O4S. The number of benzene rings is 1. The smallest absolute Gasteiger partial charge is 0.311 e. The number of thioether (sulfide) groups is 1. The summed E-state index contributed by atoms with van der Waals surface area (Å²) in [7, 11) is 3.33. The van der Waals surface area contributed by atoms with Crippen LogP contribution in [0.5, 0.6) is 5.75 Å². The second-order valence-electron chi connectivity index (χ2n) is 6.76. The highest BCUT2D eigenvalue weighted by Crippen LogP contribution is 2.29. The first-order valence-electron chi connectivity index (χ1n) is 9.17. The monoisotopic (exact) mass is 380 g/mol. The van der Waals surface area contributed by atoms with Crippen LogP contribution in [0, 0.1) is 10.1 Å². The van der Waals surface area contributed by atoms with E-state index < -0.39 is 4.92 Å². The van der Waals surface area contributed by atoms with Crippen molar-refractivity contribution in [3.63, 3.8) is 0 Å². The molecule has 26 heavy (non-hydrogen) atoms. The molecule has 1 saturated carbocycles. The summed E-state index contributed by atoms with van der Waals surface area (Å²) in [5.74, 6) is 1.36. The van der Waals surface area contributed by atoms with Crippen molar-refractivity contribution in [2.75, 3.05) is 19.9 Å². The molecule has 0 unspecified atom stereocenters. The number of ether oxygens (including phenoxy) is 1. The standard InChI is InChI=1S/C19H28N2O4S/c1-20(16-8-6-4-3-5-7-9-16)19(22)14-26-13-15-10-11-18(25-2)17(12-15)21(23)24/h10-12,16H,3-9,13-14H2,1-2H3. The van der Waals surface area contributed by atoms with E-state index in [1.165, 1.54) is 57.0 Å². The molecule has 0 spiro atoms. The number of rotatable bonds is 7. The molecule has 6 nitrogen and oxygen atoms in total. The molecule has 1 fully saturated rings. The molecule has 0 radical (unpaired) electrons. The zero-order chi connectivity index (χ0) is 18.9. The number of amides is 1. The van der Waals surface area contributed by atoms with Gasteiger partial charge in [0.1, 0.15) is 0 Å². The Kier molecular flexibility index (Phi) is 8.22. The molecule has 144 valence electrons. The van der Waals surface area contributed by atoms with Gasteiger partial charge in [-0.15, -0.1) is 11.8 Å². The van der Waals surface area contributed by atoms with Crippen LogP contribution in [0.15, 0.2) is 18.2 Å². The van der Waals surface area contributed by atoms with E-state index in [1.54, 1.807) is 6.07 Å². The van der Waals surface area contributed by atoms with Crippen molar-refractivity contribution in [3.05, 3.63) is 33.9 Å². The van der Waals surface area contributed by atoms with Crippen LogP contribution in [0.25, 0.3) is 0 Å². The summed E-state index contributed by atoms with van der Waals surface area (Å²) < 4.78 is 5.01. The van der Waals surface area contributed by atoms with E-state index in [9.17, 15) is 14.9 Å². The van der Waals surface area contributed by atoms with E-state index in [4.69, 9.17) is 4.74 Å². The van der Waals surface area contributed by atoms with Gasteiger partial charge in [-0.3, -0.25) is 14.9 Å². The van der Waals surface area contributed by atoms with E-state index in [0.29, 0.717) is 17.5 Å². The van der Waals surface area contributed by atoms with E-state index in [-0.39, 0.29) is 17.3 Å². The van der Waals surface area contributed by atoms with Gasteiger partial charge in [0.05, 0.1) is 17.8 Å². The highest BCUT2D eigenvalue weighted by Gasteiger charge is 2.21. The van der Waals surface area contributed by atoms with Gasteiger partial charge in [0.15, 0.2) is 5.75 Å². The summed E-state index contributed by atoms with van der Waals surface area (Å²) in [6.07, 6.45) is 8.44. The maximum Gasteiger partial charge on any atom is 0.311 e.